The van der Waals surface area contributed by atoms with Gasteiger partial charge in [-0.05, 0) is 36.0 Å². The highest BCUT2D eigenvalue weighted by Gasteiger charge is 2.30. The van der Waals surface area contributed by atoms with Gasteiger partial charge in [0.2, 0.25) is 0 Å². The molecular weight excluding hydrogens is 354 g/mol. The SMILES string of the molecule is CCC1CCCCC1C(N)c1ccc(Br)cc1Br. The summed E-state index contributed by atoms with van der Waals surface area (Å²) in [6, 6.07) is 6.50. The maximum Gasteiger partial charge on any atom is 0.0337 e. The Morgan fingerprint density at radius 1 is 1.28 bits per heavy atom. The number of benzene rings is 1. The van der Waals surface area contributed by atoms with Crippen molar-refractivity contribution < 1.29 is 0 Å². The van der Waals surface area contributed by atoms with Crippen LogP contribution in [0.15, 0.2) is 27.1 Å². The Morgan fingerprint density at radius 2 is 2.00 bits per heavy atom. The predicted molar refractivity (Wildman–Crippen MR) is 84.5 cm³/mol. The lowest BCUT2D eigenvalue weighted by Crippen LogP contribution is -2.30. The third-order valence-electron chi connectivity index (χ3n) is 4.28. The molecule has 1 aliphatic rings. The minimum Gasteiger partial charge on any atom is -0.324 e. The summed E-state index contributed by atoms with van der Waals surface area (Å²) in [6.45, 7) is 2.30. The summed E-state index contributed by atoms with van der Waals surface area (Å²) in [4.78, 5) is 0. The minimum atomic E-state index is 0.165. The summed E-state index contributed by atoms with van der Waals surface area (Å²) in [6.07, 6.45) is 6.60. The van der Waals surface area contributed by atoms with Gasteiger partial charge in [-0.15, -0.1) is 0 Å². The van der Waals surface area contributed by atoms with Gasteiger partial charge in [0.05, 0.1) is 0 Å². The summed E-state index contributed by atoms with van der Waals surface area (Å²) in [5, 5.41) is 0. The van der Waals surface area contributed by atoms with E-state index in [0.29, 0.717) is 5.92 Å². The predicted octanol–water partition coefficient (Wildman–Crippen LogP) is 5.43. The van der Waals surface area contributed by atoms with Gasteiger partial charge in [0.25, 0.3) is 0 Å². The van der Waals surface area contributed by atoms with Crippen molar-refractivity contribution in [2.75, 3.05) is 0 Å². The van der Waals surface area contributed by atoms with E-state index in [4.69, 9.17) is 5.73 Å². The van der Waals surface area contributed by atoms with Crippen molar-refractivity contribution in [3.8, 4) is 0 Å². The summed E-state index contributed by atoms with van der Waals surface area (Å²) in [5.41, 5.74) is 7.79. The van der Waals surface area contributed by atoms with Gasteiger partial charge in [-0.1, -0.05) is 70.5 Å². The summed E-state index contributed by atoms with van der Waals surface area (Å²) in [5.74, 6) is 1.44. The van der Waals surface area contributed by atoms with E-state index in [-0.39, 0.29) is 6.04 Å². The quantitative estimate of drug-likeness (QED) is 0.750. The van der Waals surface area contributed by atoms with Gasteiger partial charge in [-0.25, -0.2) is 0 Å². The zero-order valence-electron chi connectivity index (χ0n) is 10.8. The highest BCUT2D eigenvalue weighted by Crippen LogP contribution is 2.41. The molecule has 1 aromatic rings. The molecule has 0 amide bonds. The molecule has 0 bridgehead atoms. The first-order valence-electron chi connectivity index (χ1n) is 6.84. The standard InChI is InChI=1S/C15H21Br2N/c1-2-10-5-3-4-6-12(10)15(18)13-8-7-11(16)9-14(13)17/h7-10,12,15H,2-6,18H2,1H3. The van der Waals surface area contributed by atoms with E-state index in [1.165, 1.54) is 37.7 Å². The number of rotatable bonds is 3. The van der Waals surface area contributed by atoms with Crippen LogP contribution in [0.4, 0.5) is 0 Å². The van der Waals surface area contributed by atoms with Gasteiger partial charge < -0.3 is 5.73 Å². The molecular formula is C15H21Br2N. The van der Waals surface area contributed by atoms with E-state index in [0.717, 1.165) is 14.9 Å². The van der Waals surface area contributed by atoms with Crippen LogP contribution in [0, 0.1) is 11.8 Å². The Bertz CT molecular complexity index is 405. The molecule has 0 heterocycles. The smallest absolute Gasteiger partial charge is 0.0337 e. The highest BCUT2D eigenvalue weighted by molar-refractivity contribution is 9.11. The van der Waals surface area contributed by atoms with Gasteiger partial charge in [-0.2, -0.15) is 0 Å². The lowest BCUT2D eigenvalue weighted by molar-refractivity contribution is 0.196. The fourth-order valence-electron chi connectivity index (χ4n) is 3.22. The van der Waals surface area contributed by atoms with Crippen LogP contribution in [0.2, 0.25) is 0 Å². The molecule has 3 heteroatoms. The molecule has 18 heavy (non-hydrogen) atoms. The van der Waals surface area contributed by atoms with E-state index in [1.807, 2.05) is 0 Å². The molecule has 1 nitrogen and oxygen atoms in total. The van der Waals surface area contributed by atoms with Gasteiger partial charge in [-0.3, -0.25) is 0 Å². The first-order valence-corrected chi connectivity index (χ1v) is 8.42. The van der Waals surface area contributed by atoms with Crippen LogP contribution in [0.5, 0.6) is 0 Å². The Balaban J connectivity index is 2.20. The van der Waals surface area contributed by atoms with Crippen molar-refractivity contribution >= 4 is 31.9 Å². The molecule has 0 spiro atoms. The van der Waals surface area contributed by atoms with E-state index in [2.05, 4.69) is 57.0 Å². The molecule has 3 unspecified atom stereocenters. The monoisotopic (exact) mass is 373 g/mol. The molecule has 0 aromatic heterocycles. The van der Waals surface area contributed by atoms with Crippen molar-refractivity contribution in [3.63, 3.8) is 0 Å². The second-order valence-electron chi connectivity index (χ2n) is 5.31. The van der Waals surface area contributed by atoms with Gasteiger partial charge >= 0.3 is 0 Å². The van der Waals surface area contributed by atoms with Crippen LogP contribution < -0.4 is 5.73 Å². The average molecular weight is 375 g/mol. The maximum absolute atomic E-state index is 6.54. The third kappa shape index (κ3) is 3.17. The topological polar surface area (TPSA) is 26.0 Å². The fourth-order valence-corrected chi connectivity index (χ4v) is 4.53. The molecule has 0 saturated heterocycles. The average Bonchev–Trinajstić information content (AvgIpc) is 2.38. The Labute approximate surface area is 127 Å². The molecule has 2 rings (SSSR count). The maximum atomic E-state index is 6.54. The van der Waals surface area contributed by atoms with Crippen LogP contribution in [-0.2, 0) is 0 Å². The fraction of sp³-hybridized carbons (Fsp3) is 0.600. The first kappa shape index (κ1) is 14.5. The van der Waals surface area contributed by atoms with Crippen molar-refractivity contribution in [1.29, 1.82) is 0 Å². The second kappa shape index (κ2) is 6.53. The van der Waals surface area contributed by atoms with E-state index in [9.17, 15) is 0 Å². The highest BCUT2D eigenvalue weighted by atomic mass is 79.9. The zero-order chi connectivity index (χ0) is 13.1. The van der Waals surface area contributed by atoms with Crippen molar-refractivity contribution in [2.24, 2.45) is 17.6 Å². The molecule has 3 atom stereocenters. The van der Waals surface area contributed by atoms with Crippen LogP contribution in [0.3, 0.4) is 0 Å². The molecule has 1 aliphatic carbocycles. The zero-order valence-corrected chi connectivity index (χ0v) is 14.0. The van der Waals surface area contributed by atoms with E-state index < -0.39 is 0 Å². The minimum absolute atomic E-state index is 0.165. The summed E-state index contributed by atoms with van der Waals surface area (Å²) < 4.78 is 2.23. The molecule has 0 aliphatic heterocycles. The number of nitrogens with two attached hydrogens (primary N) is 1. The van der Waals surface area contributed by atoms with Crippen molar-refractivity contribution in [3.05, 3.63) is 32.7 Å². The summed E-state index contributed by atoms with van der Waals surface area (Å²) in [7, 11) is 0. The number of halogens is 2. The molecule has 0 radical (unpaired) electrons. The van der Waals surface area contributed by atoms with Crippen molar-refractivity contribution in [2.45, 2.75) is 45.1 Å². The normalized spacial score (nSPS) is 26.0. The van der Waals surface area contributed by atoms with Gasteiger partial charge in [0.15, 0.2) is 0 Å². The van der Waals surface area contributed by atoms with Crippen molar-refractivity contribution in [1.82, 2.24) is 0 Å². The Morgan fingerprint density at radius 3 is 2.67 bits per heavy atom. The molecule has 2 N–H and O–H groups in total. The van der Waals surface area contributed by atoms with Crippen LogP contribution in [-0.4, -0.2) is 0 Å². The molecule has 100 valence electrons. The van der Waals surface area contributed by atoms with Crippen LogP contribution in [0.1, 0.15) is 50.6 Å². The Hall–Kier alpha value is 0.140. The van der Waals surface area contributed by atoms with E-state index >= 15 is 0 Å². The van der Waals surface area contributed by atoms with E-state index in [1.54, 1.807) is 0 Å². The van der Waals surface area contributed by atoms with Gasteiger partial charge in [0.1, 0.15) is 0 Å². The number of hydrogen-bond acceptors (Lipinski definition) is 1. The number of hydrogen-bond donors (Lipinski definition) is 1. The molecule has 1 fully saturated rings. The largest absolute Gasteiger partial charge is 0.324 e. The first-order chi connectivity index (χ1) is 8.63. The molecule has 1 saturated carbocycles. The summed E-state index contributed by atoms with van der Waals surface area (Å²) >= 11 is 7.14. The van der Waals surface area contributed by atoms with Gasteiger partial charge in [0, 0.05) is 15.0 Å². The molecule has 1 aromatic carbocycles. The van der Waals surface area contributed by atoms with Crippen LogP contribution in [0.25, 0.3) is 0 Å². The second-order valence-corrected chi connectivity index (χ2v) is 7.08. The van der Waals surface area contributed by atoms with Crippen LogP contribution >= 0.6 is 31.9 Å². The lowest BCUT2D eigenvalue weighted by atomic mass is 9.73. The third-order valence-corrected chi connectivity index (χ3v) is 5.46. The Kier molecular flexibility index (Phi) is 5.28. The lowest BCUT2D eigenvalue weighted by Gasteiger charge is -2.35.